The number of benzene rings is 2. The highest BCUT2D eigenvalue weighted by molar-refractivity contribution is 7.99. The highest BCUT2D eigenvalue weighted by Crippen LogP contribution is 2.34. The number of aryl methyl sites for hydroxylation is 1. The van der Waals surface area contributed by atoms with Gasteiger partial charge in [-0.05, 0) is 36.9 Å². The molecule has 0 radical (unpaired) electrons. The van der Waals surface area contributed by atoms with Gasteiger partial charge in [-0.15, -0.1) is 10.2 Å². The van der Waals surface area contributed by atoms with Crippen LogP contribution in [-0.2, 0) is 0 Å². The van der Waals surface area contributed by atoms with E-state index in [1.165, 1.54) is 6.07 Å². The van der Waals surface area contributed by atoms with Gasteiger partial charge in [0.25, 0.3) is 10.9 Å². The second-order valence-electron chi connectivity index (χ2n) is 4.57. The molecular formula is C15H11N3O3S. The molecule has 0 bridgehead atoms. The summed E-state index contributed by atoms with van der Waals surface area (Å²) >= 11 is 1.08. The second kappa shape index (κ2) is 5.98. The van der Waals surface area contributed by atoms with Crippen LogP contribution < -0.4 is 0 Å². The average Bonchev–Trinajstić information content (AvgIpc) is 2.97. The zero-order chi connectivity index (χ0) is 15.5. The van der Waals surface area contributed by atoms with Crippen LogP contribution in [0.15, 0.2) is 63.1 Å². The molecule has 1 aromatic heterocycles. The fourth-order valence-corrected chi connectivity index (χ4v) is 2.64. The molecule has 0 fully saturated rings. The molecule has 110 valence electrons. The number of para-hydroxylation sites is 1. The molecule has 0 spiro atoms. The van der Waals surface area contributed by atoms with Gasteiger partial charge in [-0.3, -0.25) is 10.1 Å². The zero-order valence-electron chi connectivity index (χ0n) is 11.6. The van der Waals surface area contributed by atoms with Crippen LogP contribution in [0.4, 0.5) is 5.69 Å². The molecule has 1 heterocycles. The second-order valence-corrected chi connectivity index (χ2v) is 5.56. The SMILES string of the molecule is Cc1ccc(-c2nnc(Sc3ccccc3[N+](=O)[O-])o2)cc1. The number of hydrogen-bond donors (Lipinski definition) is 0. The van der Waals surface area contributed by atoms with Crippen molar-refractivity contribution in [2.24, 2.45) is 0 Å². The largest absolute Gasteiger partial charge is 0.411 e. The molecule has 0 amide bonds. The predicted octanol–water partition coefficient (Wildman–Crippen LogP) is 4.10. The predicted molar refractivity (Wildman–Crippen MR) is 81.7 cm³/mol. The van der Waals surface area contributed by atoms with E-state index in [1.807, 2.05) is 31.2 Å². The molecule has 0 saturated carbocycles. The maximum atomic E-state index is 11.0. The van der Waals surface area contributed by atoms with Gasteiger partial charge < -0.3 is 4.42 Å². The van der Waals surface area contributed by atoms with Gasteiger partial charge in [-0.2, -0.15) is 0 Å². The van der Waals surface area contributed by atoms with Crippen LogP contribution in [0.25, 0.3) is 11.5 Å². The van der Waals surface area contributed by atoms with Crippen LogP contribution in [0.1, 0.15) is 5.56 Å². The van der Waals surface area contributed by atoms with E-state index in [0.717, 1.165) is 22.9 Å². The van der Waals surface area contributed by atoms with Gasteiger partial charge in [-0.1, -0.05) is 29.8 Å². The lowest BCUT2D eigenvalue weighted by atomic mass is 10.1. The first-order chi connectivity index (χ1) is 10.6. The lowest BCUT2D eigenvalue weighted by molar-refractivity contribution is -0.387. The van der Waals surface area contributed by atoms with E-state index in [-0.39, 0.29) is 10.9 Å². The highest BCUT2D eigenvalue weighted by Gasteiger charge is 2.17. The van der Waals surface area contributed by atoms with E-state index in [2.05, 4.69) is 10.2 Å². The molecule has 3 rings (SSSR count). The first kappa shape index (κ1) is 14.3. The molecule has 0 unspecified atom stereocenters. The Morgan fingerprint density at radius 2 is 1.82 bits per heavy atom. The fourth-order valence-electron chi connectivity index (χ4n) is 1.85. The minimum Gasteiger partial charge on any atom is -0.411 e. The van der Waals surface area contributed by atoms with E-state index in [1.54, 1.807) is 18.2 Å². The fraction of sp³-hybridized carbons (Fsp3) is 0.0667. The Morgan fingerprint density at radius 3 is 2.55 bits per heavy atom. The van der Waals surface area contributed by atoms with E-state index < -0.39 is 4.92 Å². The Hall–Kier alpha value is -2.67. The molecule has 0 saturated heterocycles. The van der Waals surface area contributed by atoms with Gasteiger partial charge in [-0.25, -0.2) is 0 Å². The van der Waals surface area contributed by atoms with Crippen molar-refractivity contribution in [1.29, 1.82) is 0 Å². The molecule has 6 nitrogen and oxygen atoms in total. The van der Waals surface area contributed by atoms with Crippen LogP contribution in [0.3, 0.4) is 0 Å². The van der Waals surface area contributed by atoms with Crippen LogP contribution in [0.5, 0.6) is 0 Å². The maximum Gasteiger partial charge on any atom is 0.283 e. The Balaban J connectivity index is 1.86. The summed E-state index contributed by atoms with van der Waals surface area (Å²) in [6.45, 7) is 1.99. The zero-order valence-corrected chi connectivity index (χ0v) is 12.4. The number of aromatic nitrogens is 2. The summed E-state index contributed by atoms with van der Waals surface area (Å²) in [6, 6.07) is 14.1. The number of nitrogens with zero attached hydrogens (tertiary/aromatic N) is 3. The minimum atomic E-state index is -0.431. The summed E-state index contributed by atoms with van der Waals surface area (Å²) in [5.41, 5.74) is 1.97. The third kappa shape index (κ3) is 2.99. The van der Waals surface area contributed by atoms with Crippen molar-refractivity contribution in [3.05, 3.63) is 64.2 Å². The molecular weight excluding hydrogens is 302 g/mol. The van der Waals surface area contributed by atoms with Gasteiger partial charge in [0.1, 0.15) is 0 Å². The molecule has 7 heteroatoms. The van der Waals surface area contributed by atoms with Gasteiger partial charge in [0.15, 0.2) is 0 Å². The maximum absolute atomic E-state index is 11.0. The Bertz CT molecular complexity index is 815. The smallest absolute Gasteiger partial charge is 0.283 e. The molecule has 0 atom stereocenters. The normalized spacial score (nSPS) is 10.6. The van der Waals surface area contributed by atoms with Crippen molar-refractivity contribution in [3.63, 3.8) is 0 Å². The summed E-state index contributed by atoms with van der Waals surface area (Å²) in [5, 5.41) is 19.2. The Labute approximate surface area is 130 Å². The van der Waals surface area contributed by atoms with E-state index in [0.29, 0.717) is 10.8 Å². The van der Waals surface area contributed by atoms with E-state index >= 15 is 0 Å². The third-order valence-corrected chi connectivity index (χ3v) is 3.87. The van der Waals surface area contributed by atoms with E-state index in [9.17, 15) is 10.1 Å². The summed E-state index contributed by atoms with van der Waals surface area (Å²) in [5.74, 6) is 0.390. The van der Waals surface area contributed by atoms with Crippen LogP contribution in [0, 0.1) is 17.0 Å². The van der Waals surface area contributed by atoms with Crippen molar-refractivity contribution >= 4 is 17.4 Å². The van der Waals surface area contributed by atoms with E-state index in [4.69, 9.17) is 4.42 Å². The van der Waals surface area contributed by atoms with Crippen molar-refractivity contribution < 1.29 is 9.34 Å². The Morgan fingerprint density at radius 1 is 1.09 bits per heavy atom. The first-order valence-electron chi connectivity index (χ1n) is 6.45. The number of rotatable bonds is 4. The monoisotopic (exact) mass is 313 g/mol. The molecule has 0 aliphatic carbocycles. The molecule has 3 aromatic rings. The molecule has 0 N–H and O–H groups in total. The van der Waals surface area contributed by atoms with Crippen LogP contribution in [-0.4, -0.2) is 15.1 Å². The molecule has 0 aliphatic heterocycles. The summed E-state index contributed by atoms with van der Waals surface area (Å²) in [6.07, 6.45) is 0. The molecule has 2 aromatic carbocycles. The summed E-state index contributed by atoms with van der Waals surface area (Å²) in [4.78, 5) is 11.0. The first-order valence-corrected chi connectivity index (χ1v) is 7.27. The molecule has 22 heavy (non-hydrogen) atoms. The standard InChI is InChI=1S/C15H11N3O3S/c1-10-6-8-11(9-7-10)14-16-17-15(21-14)22-13-5-3-2-4-12(13)18(19)20/h2-9H,1H3. The number of nitro benzene ring substituents is 1. The van der Waals surface area contributed by atoms with Gasteiger partial charge >= 0.3 is 0 Å². The Kier molecular flexibility index (Phi) is 3.88. The third-order valence-electron chi connectivity index (χ3n) is 2.96. The lowest BCUT2D eigenvalue weighted by Crippen LogP contribution is -1.89. The molecule has 0 aliphatic rings. The minimum absolute atomic E-state index is 0.0163. The topological polar surface area (TPSA) is 82.1 Å². The van der Waals surface area contributed by atoms with Crippen LogP contribution in [0.2, 0.25) is 0 Å². The average molecular weight is 313 g/mol. The van der Waals surface area contributed by atoms with Gasteiger partial charge in [0, 0.05) is 11.6 Å². The summed E-state index contributed by atoms with van der Waals surface area (Å²) in [7, 11) is 0. The van der Waals surface area contributed by atoms with Gasteiger partial charge in [0.05, 0.1) is 9.82 Å². The van der Waals surface area contributed by atoms with Crippen molar-refractivity contribution in [2.45, 2.75) is 17.0 Å². The van der Waals surface area contributed by atoms with Crippen molar-refractivity contribution in [1.82, 2.24) is 10.2 Å². The number of hydrogen-bond acceptors (Lipinski definition) is 6. The van der Waals surface area contributed by atoms with Crippen molar-refractivity contribution in [3.8, 4) is 11.5 Å². The number of nitro groups is 1. The quantitative estimate of drug-likeness (QED) is 0.532. The van der Waals surface area contributed by atoms with Crippen LogP contribution >= 0.6 is 11.8 Å². The van der Waals surface area contributed by atoms with Crippen molar-refractivity contribution in [2.75, 3.05) is 0 Å². The van der Waals surface area contributed by atoms with Gasteiger partial charge in [0.2, 0.25) is 5.89 Å². The lowest BCUT2D eigenvalue weighted by Gasteiger charge is -1.98. The highest BCUT2D eigenvalue weighted by atomic mass is 32.2. The summed E-state index contributed by atoms with van der Waals surface area (Å²) < 4.78 is 5.57.